The standard InChI is InChI=1S/C16H18FN3S/c1-10-13(17)5-11(7-18)6-14(10)19-8-12-9-21-15(20-12)16(2,3)4/h5-6,9,19H,8H2,1-4H3. The number of thiazole rings is 1. The second-order valence-electron chi connectivity index (χ2n) is 5.99. The fourth-order valence-corrected chi connectivity index (χ4v) is 2.75. The Kier molecular flexibility index (Phi) is 4.29. The molecule has 21 heavy (non-hydrogen) atoms. The summed E-state index contributed by atoms with van der Waals surface area (Å²) in [6.07, 6.45) is 0. The van der Waals surface area contributed by atoms with Crippen LogP contribution in [-0.2, 0) is 12.0 Å². The molecule has 0 radical (unpaired) electrons. The highest BCUT2D eigenvalue weighted by Crippen LogP contribution is 2.26. The summed E-state index contributed by atoms with van der Waals surface area (Å²) in [6.45, 7) is 8.58. The van der Waals surface area contributed by atoms with E-state index in [-0.39, 0.29) is 11.2 Å². The van der Waals surface area contributed by atoms with Gasteiger partial charge in [-0.3, -0.25) is 0 Å². The number of aromatic nitrogens is 1. The third-order valence-electron chi connectivity index (χ3n) is 3.13. The van der Waals surface area contributed by atoms with Crippen molar-refractivity contribution >= 4 is 17.0 Å². The van der Waals surface area contributed by atoms with Crippen LogP contribution in [0.1, 0.15) is 42.6 Å². The van der Waals surface area contributed by atoms with Crippen LogP contribution in [0.4, 0.5) is 10.1 Å². The number of nitriles is 1. The van der Waals surface area contributed by atoms with E-state index in [0.29, 0.717) is 23.4 Å². The number of nitrogens with zero attached hydrogens (tertiary/aromatic N) is 2. The van der Waals surface area contributed by atoms with Gasteiger partial charge in [0.2, 0.25) is 0 Å². The highest BCUT2D eigenvalue weighted by molar-refractivity contribution is 7.09. The molecule has 0 amide bonds. The fourth-order valence-electron chi connectivity index (χ4n) is 1.85. The van der Waals surface area contributed by atoms with Crippen molar-refractivity contribution in [3.63, 3.8) is 0 Å². The maximum absolute atomic E-state index is 13.7. The highest BCUT2D eigenvalue weighted by Gasteiger charge is 2.18. The Bertz CT molecular complexity index is 693. The van der Waals surface area contributed by atoms with Crippen molar-refractivity contribution in [3.05, 3.63) is 45.2 Å². The molecule has 0 aliphatic rings. The lowest BCUT2D eigenvalue weighted by Crippen LogP contribution is -2.11. The van der Waals surface area contributed by atoms with Crippen molar-refractivity contribution < 1.29 is 4.39 Å². The molecule has 0 bridgehead atoms. The van der Waals surface area contributed by atoms with Gasteiger partial charge in [-0.05, 0) is 19.1 Å². The molecular weight excluding hydrogens is 285 g/mol. The number of hydrogen-bond acceptors (Lipinski definition) is 4. The maximum atomic E-state index is 13.7. The minimum absolute atomic E-state index is 0.0334. The van der Waals surface area contributed by atoms with Crippen molar-refractivity contribution in [2.75, 3.05) is 5.32 Å². The molecule has 0 spiro atoms. The molecule has 1 heterocycles. The predicted molar refractivity (Wildman–Crippen MR) is 84.0 cm³/mol. The van der Waals surface area contributed by atoms with E-state index in [9.17, 15) is 4.39 Å². The van der Waals surface area contributed by atoms with E-state index in [1.165, 1.54) is 6.07 Å². The first-order valence-corrected chi connectivity index (χ1v) is 7.58. The number of anilines is 1. The van der Waals surface area contributed by atoms with E-state index in [0.717, 1.165) is 10.7 Å². The van der Waals surface area contributed by atoms with Crippen LogP contribution in [0.2, 0.25) is 0 Å². The summed E-state index contributed by atoms with van der Waals surface area (Å²) >= 11 is 1.63. The third kappa shape index (κ3) is 3.59. The molecule has 110 valence electrons. The molecule has 5 heteroatoms. The van der Waals surface area contributed by atoms with Gasteiger partial charge in [-0.25, -0.2) is 9.37 Å². The summed E-state index contributed by atoms with van der Waals surface area (Å²) in [6, 6.07) is 4.88. The normalized spacial score (nSPS) is 11.2. The smallest absolute Gasteiger partial charge is 0.129 e. The lowest BCUT2D eigenvalue weighted by molar-refractivity contribution is 0.583. The molecule has 2 rings (SSSR count). The van der Waals surface area contributed by atoms with E-state index in [1.807, 2.05) is 11.4 Å². The lowest BCUT2D eigenvalue weighted by atomic mass is 9.98. The van der Waals surface area contributed by atoms with Crippen LogP contribution in [0, 0.1) is 24.1 Å². The molecule has 3 nitrogen and oxygen atoms in total. The second kappa shape index (κ2) is 5.82. The summed E-state index contributed by atoms with van der Waals surface area (Å²) in [5, 5.41) is 15.1. The third-order valence-corrected chi connectivity index (χ3v) is 4.44. The highest BCUT2D eigenvalue weighted by atomic mass is 32.1. The SMILES string of the molecule is Cc1c(F)cc(C#N)cc1NCc1csc(C(C)(C)C)n1. The predicted octanol–water partition coefficient (Wildman–Crippen LogP) is 4.37. The van der Waals surface area contributed by atoms with Crippen LogP contribution in [0.5, 0.6) is 0 Å². The summed E-state index contributed by atoms with van der Waals surface area (Å²) in [4.78, 5) is 4.59. The van der Waals surface area contributed by atoms with Gasteiger partial charge in [-0.1, -0.05) is 20.8 Å². The van der Waals surface area contributed by atoms with Crippen LogP contribution < -0.4 is 5.32 Å². The monoisotopic (exact) mass is 303 g/mol. The fraction of sp³-hybridized carbons (Fsp3) is 0.375. The molecular formula is C16H18FN3S. The molecule has 2 aromatic rings. The van der Waals surface area contributed by atoms with Gasteiger partial charge in [0.05, 0.1) is 28.9 Å². The minimum Gasteiger partial charge on any atom is -0.379 e. The van der Waals surface area contributed by atoms with E-state index in [1.54, 1.807) is 24.3 Å². The minimum atomic E-state index is -0.370. The van der Waals surface area contributed by atoms with Crippen molar-refractivity contribution in [1.82, 2.24) is 4.98 Å². The van der Waals surface area contributed by atoms with Gasteiger partial charge in [-0.15, -0.1) is 11.3 Å². The molecule has 0 aliphatic carbocycles. The Morgan fingerprint density at radius 3 is 2.67 bits per heavy atom. The number of halogens is 1. The maximum Gasteiger partial charge on any atom is 0.129 e. The van der Waals surface area contributed by atoms with Gasteiger partial charge >= 0.3 is 0 Å². The lowest BCUT2D eigenvalue weighted by Gasteiger charge is -2.13. The van der Waals surface area contributed by atoms with Crippen LogP contribution in [0.3, 0.4) is 0 Å². The van der Waals surface area contributed by atoms with E-state index >= 15 is 0 Å². The van der Waals surface area contributed by atoms with E-state index in [4.69, 9.17) is 5.26 Å². The molecule has 0 saturated heterocycles. The molecule has 0 saturated carbocycles. The quantitative estimate of drug-likeness (QED) is 0.916. The Labute approximate surface area is 128 Å². The van der Waals surface area contributed by atoms with Gasteiger partial charge in [-0.2, -0.15) is 5.26 Å². The molecule has 0 atom stereocenters. The zero-order chi connectivity index (χ0) is 15.6. The number of nitrogens with one attached hydrogen (secondary N) is 1. The topological polar surface area (TPSA) is 48.7 Å². The van der Waals surface area contributed by atoms with Crippen molar-refractivity contribution in [1.29, 1.82) is 5.26 Å². The Morgan fingerprint density at radius 2 is 2.10 bits per heavy atom. The Balaban J connectivity index is 2.15. The summed E-state index contributed by atoms with van der Waals surface area (Å²) in [5.41, 5.74) is 2.42. The summed E-state index contributed by atoms with van der Waals surface area (Å²) < 4.78 is 13.7. The Hall–Kier alpha value is -1.93. The Morgan fingerprint density at radius 1 is 1.38 bits per heavy atom. The molecule has 1 N–H and O–H groups in total. The van der Waals surface area contributed by atoms with Gasteiger partial charge in [0.1, 0.15) is 5.82 Å². The van der Waals surface area contributed by atoms with Gasteiger partial charge in [0.25, 0.3) is 0 Å². The molecule has 1 aromatic carbocycles. The van der Waals surface area contributed by atoms with Crippen molar-refractivity contribution in [2.45, 2.75) is 39.7 Å². The number of benzene rings is 1. The van der Waals surface area contributed by atoms with Crippen molar-refractivity contribution in [2.24, 2.45) is 0 Å². The number of rotatable bonds is 3. The van der Waals surface area contributed by atoms with Crippen LogP contribution in [0.15, 0.2) is 17.5 Å². The van der Waals surface area contributed by atoms with Crippen LogP contribution in [-0.4, -0.2) is 4.98 Å². The zero-order valence-electron chi connectivity index (χ0n) is 12.6. The van der Waals surface area contributed by atoms with E-state index in [2.05, 4.69) is 31.1 Å². The average Bonchev–Trinajstić information content (AvgIpc) is 2.89. The van der Waals surface area contributed by atoms with Gasteiger partial charge in [0, 0.05) is 22.0 Å². The van der Waals surface area contributed by atoms with Crippen molar-refractivity contribution in [3.8, 4) is 6.07 Å². The molecule has 1 aromatic heterocycles. The number of hydrogen-bond donors (Lipinski definition) is 1. The first-order chi connectivity index (χ1) is 9.81. The zero-order valence-corrected chi connectivity index (χ0v) is 13.4. The second-order valence-corrected chi connectivity index (χ2v) is 6.85. The average molecular weight is 303 g/mol. The van der Waals surface area contributed by atoms with Crippen LogP contribution >= 0.6 is 11.3 Å². The largest absolute Gasteiger partial charge is 0.379 e. The summed E-state index contributed by atoms with van der Waals surface area (Å²) in [5.74, 6) is -0.370. The van der Waals surface area contributed by atoms with Gasteiger partial charge in [0.15, 0.2) is 0 Å². The van der Waals surface area contributed by atoms with Gasteiger partial charge < -0.3 is 5.32 Å². The van der Waals surface area contributed by atoms with E-state index < -0.39 is 0 Å². The first kappa shape index (κ1) is 15.5. The van der Waals surface area contributed by atoms with Crippen LogP contribution in [0.25, 0.3) is 0 Å². The molecule has 0 unspecified atom stereocenters. The summed E-state index contributed by atoms with van der Waals surface area (Å²) in [7, 11) is 0. The molecule has 0 aliphatic heterocycles. The first-order valence-electron chi connectivity index (χ1n) is 6.70. The molecule has 0 fully saturated rings.